The quantitative estimate of drug-likeness (QED) is 0.773. The first kappa shape index (κ1) is 17.0. The molecule has 21 heavy (non-hydrogen) atoms. The maximum absolute atomic E-state index is 12.0. The third-order valence-electron chi connectivity index (χ3n) is 3.07. The number of esters is 1. The molecule has 0 radical (unpaired) electrons. The van der Waals surface area contributed by atoms with Crippen molar-refractivity contribution in [3.05, 3.63) is 35.9 Å². The Morgan fingerprint density at radius 1 is 1.29 bits per heavy atom. The minimum absolute atomic E-state index is 0.0552. The van der Waals surface area contributed by atoms with Gasteiger partial charge in [0.2, 0.25) is 0 Å². The van der Waals surface area contributed by atoms with E-state index >= 15 is 0 Å². The van der Waals surface area contributed by atoms with E-state index in [1.165, 1.54) is 19.1 Å². The maximum Gasteiger partial charge on any atom is 0.410 e. The van der Waals surface area contributed by atoms with E-state index < -0.39 is 18.1 Å². The lowest BCUT2D eigenvalue weighted by atomic mass is 10.1. The minimum Gasteiger partial charge on any atom is -0.467 e. The molecule has 0 saturated carbocycles. The molecule has 116 valence electrons. The molecule has 0 unspecified atom stereocenters. The monoisotopic (exact) mass is 295 g/mol. The fourth-order valence-corrected chi connectivity index (χ4v) is 1.84. The summed E-state index contributed by atoms with van der Waals surface area (Å²) in [5.74, 6) is -0.525. The highest BCUT2D eigenvalue weighted by Crippen LogP contribution is 2.10. The number of aliphatic hydroxyl groups excluding tert-OH is 1. The molecule has 0 fully saturated rings. The van der Waals surface area contributed by atoms with Crippen LogP contribution in [0.15, 0.2) is 30.3 Å². The molecule has 0 aliphatic rings. The lowest BCUT2D eigenvalue weighted by molar-refractivity contribution is -0.146. The summed E-state index contributed by atoms with van der Waals surface area (Å²) in [6.07, 6.45) is 0.114. The van der Waals surface area contributed by atoms with Crippen molar-refractivity contribution in [3.63, 3.8) is 0 Å². The van der Waals surface area contributed by atoms with E-state index in [4.69, 9.17) is 9.84 Å². The van der Waals surface area contributed by atoms with Crippen molar-refractivity contribution in [3.8, 4) is 0 Å². The first-order valence-corrected chi connectivity index (χ1v) is 6.72. The summed E-state index contributed by atoms with van der Waals surface area (Å²) in [6, 6.07) is 8.51. The highest BCUT2D eigenvalue weighted by Gasteiger charge is 2.28. The Hall–Kier alpha value is -2.08. The summed E-state index contributed by atoms with van der Waals surface area (Å²) >= 11 is 0. The number of carbonyl (C=O) groups excluding carboxylic acids is 2. The first-order valence-electron chi connectivity index (χ1n) is 6.72. The van der Waals surface area contributed by atoms with Crippen LogP contribution in [0.25, 0.3) is 0 Å². The van der Waals surface area contributed by atoms with E-state index in [-0.39, 0.29) is 13.2 Å². The van der Waals surface area contributed by atoms with E-state index in [1.54, 1.807) is 0 Å². The fraction of sp³-hybridized carbons (Fsp3) is 0.467. The number of benzene rings is 1. The van der Waals surface area contributed by atoms with Gasteiger partial charge in [-0.3, -0.25) is 4.90 Å². The molecule has 0 aliphatic carbocycles. The van der Waals surface area contributed by atoms with Crippen molar-refractivity contribution in [1.29, 1.82) is 0 Å². The zero-order valence-corrected chi connectivity index (χ0v) is 12.3. The largest absolute Gasteiger partial charge is 0.467 e. The lowest BCUT2D eigenvalue weighted by Gasteiger charge is -2.25. The molecule has 1 amide bonds. The minimum atomic E-state index is -0.759. The van der Waals surface area contributed by atoms with E-state index in [0.29, 0.717) is 12.8 Å². The van der Waals surface area contributed by atoms with Gasteiger partial charge in [-0.2, -0.15) is 0 Å². The van der Waals surface area contributed by atoms with Crippen molar-refractivity contribution >= 4 is 12.1 Å². The van der Waals surface area contributed by atoms with Gasteiger partial charge in [0.15, 0.2) is 0 Å². The lowest BCUT2D eigenvalue weighted by Crippen LogP contribution is -2.43. The van der Waals surface area contributed by atoms with Crippen LogP contribution in [0.2, 0.25) is 0 Å². The molecule has 0 heterocycles. The standard InChI is InChI=1S/C15H21NO5/c1-16(13(9-6-10-17)14(18)20-2)15(19)21-11-12-7-4-3-5-8-12/h3-5,7-8,13,17H,6,9-11H2,1-2H3/t13-/m0/s1. The number of methoxy groups -OCH3 is 1. The summed E-state index contributed by atoms with van der Waals surface area (Å²) in [7, 11) is 2.74. The van der Waals surface area contributed by atoms with Gasteiger partial charge in [-0.1, -0.05) is 30.3 Å². The normalized spacial score (nSPS) is 11.6. The van der Waals surface area contributed by atoms with Crippen molar-refractivity contribution in [2.75, 3.05) is 20.8 Å². The fourth-order valence-electron chi connectivity index (χ4n) is 1.84. The molecule has 1 rings (SSSR count). The van der Waals surface area contributed by atoms with Gasteiger partial charge < -0.3 is 14.6 Å². The third-order valence-corrected chi connectivity index (χ3v) is 3.07. The Bertz CT molecular complexity index is 449. The van der Waals surface area contributed by atoms with Crippen LogP contribution in [0.4, 0.5) is 4.79 Å². The second kappa shape index (κ2) is 8.97. The number of hydrogen-bond donors (Lipinski definition) is 1. The first-order chi connectivity index (χ1) is 10.1. The highest BCUT2D eigenvalue weighted by atomic mass is 16.6. The van der Waals surface area contributed by atoms with Crippen LogP contribution in [0.1, 0.15) is 18.4 Å². The molecule has 0 spiro atoms. The maximum atomic E-state index is 12.0. The van der Waals surface area contributed by atoms with Crippen LogP contribution in [0, 0.1) is 0 Å². The molecule has 1 atom stereocenters. The second-order valence-corrected chi connectivity index (χ2v) is 4.56. The van der Waals surface area contributed by atoms with E-state index in [1.807, 2.05) is 30.3 Å². The number of carbonyl (C=O) groups is 2. The number of hydrogen-bond acceptors (Lipinski definition) is 5. The number of aliphatic hydroxyl groups is 1. The molecule has 0 bridgehead atoms. The van der Waals surface area contributed by atoms with Gasteiger partial charge in [-0.05, 0) is 18.4 Å². The van der Waals surface area contributed by atoms with Gasteiger partial charge in [0.25, 0.3) is 0 Å². The molecule has 0 aromatic heterocycles. The Kier molecular flexibility index (Phi) is 7.25. The van der Waals surface area contributed by atoms with Crippen LogP contribution in [0.5, 0.6) is 0 Å². The topological polar surface area (TPSA) is 76.1 Å². The van der Waals surface area contributed by atoms with Crippen LogP contribution < -0.4 is 0 Å². The molecule has 1 aromatic carbocycles. The van der Waals surface area contributed by atoms with Crippen LogP contribution >= 0.6 is 0 Å². The van der Waals surface area contributed by atoms with E-state index in [9.17, 15) is 9.59 Å². The summed E-state index contributed by atoms with van der Waals surface area (Å²) in [4.78, 5) is 24.9. The Labute approximate surface area is 124 Å². The van der Waals surface area contributed by atoms with Crippen LogP contribution in [-0.2, 0) is 20.9 Å². The number of likely N-dealkylation sites (N-methyl/N-ethyl adjacent to an activating group) is 1. The molecular weight excluding hydrogens is 274 g/mol. The SMILES string of the molecule is COC(=O)[C@H](CCCO)N(C)C(=O)OCc1ccccc1. The number of rotatable bonds is 7. The van der Waals surface area contributed by atoms with Crippen molar-refractivity contribution in [2.45, 2.75) is 25.5 Å². The van der Waals surface area contributed by atoms with Gasteiger partial charge in [-0.15, -0.1) is 0 Å². The van der Waals surface area contributed by atoms with Crippen molar-refractivity contribution in [2.24, 2.45) is 0 Å². The molecule has 0 saturated heterocycles. The second-order valence-electron chi connectivity index (χ2n) is 4.56. The summed E-state index contributed by atoms with van der Waals surface area (Å²) in [5, 5.41) is 8.86. The smallest absolute Gasteiger partial charge is 0.410 e. The van der Waals surface area contributed by atoms with Gasteiger partial charge in [0.1, 0.15) is 12.6 Å². The summed E-state index contributed by atoms with van der Waals surface area (Å²) in [5.41, 5.74) is 0.865. The zero-order chi connectivity index (χ0) is 15.7. The predicted molar refractivity (Wildman–Crippen MR) is 76.5 cm³/mol. The number of nitrogens with zero attached hydrogens (tertiary/aromatic N) is 1. The van der Waals surface area contributed by atoms with Gasteiger partial charge >= 0.3 is 12.1 Å². The van der Waals surface area contributed by atoms with E-state index in [2.05, 4.69) is 4.74 Å². The van der Waals surface area contributed by atoms with Gasteiger partial charge in [-0.25, -0.2) is 9.59 Å². The van der Waals surface area contributed by atoms with Gasteiger partial charge in [0, 0.05) is 13.7 Å². The summed E-state index contributed by atoms with van der Waals surface area (Å²) < 4.78 is 9.84. The molecule has 6 heteroatoms. The van der Waals surface area contributed by atoms with Crippen LogP contribution in [-0.4, -0.2) is 48.9 Å². The Morgan fingerprint density at radius 2 is 1.95 bits per heavy atom. The zero-order valence-electron chi connectivity index (χ0n) is 12.3. The Balaban J connectivity index is 2.58. The predicted octanol–water partition coefficient (Wildman–Crippen LogP) is 1.57. The summed E-state index contributed by atoms with van der Waals surface area (Å²) in [6.45, 7) is 0.0817. The molecule has 1 aromatic rings. The van der Waals surface area contributed by atoms with Gasteiger partial charge in [0.05, 0.1) is 7.11 Å². The molecule has 1 N–H and O–H groups in total. The molecule has 0 aliphatic heterocycles. The van der Waals surface area contributed by atoms with Crippen molar-refractivity contribution in [1.82, 2.24) is 4.90 Å². The number of ether oxygens (including phenoxy) is 2. The molecule has 6 nitrogen and oxygen atoms in total. The number of amides is 1. The third kappa shape index (κ3) is 5.43. The highest BCUT2D eigenvalue weighted by molar-refractivity contribution is 5.81. The average Bonchev–Trinajstić information content (AvgIpc) is 2.53. The Morgan fingerprint density at radius 3 is 2.52 bits per heavy atom. The van der Waals surface area contributed by atoms with E-state index in [0.717, 1.165) is 5.56 Å². The average molecular weight is 295 g/mol. The molecular formula is C15H21NO5. The van der Waals surface area contributed by atoms with Crippen LogP contribution in [0.3, 0.4) is 0 Å². The van der Waals surface area contributed by atoms with Crippen molar-refractivity contribution < 1.29 is 24.2 Å².